The summed E-state index contributed by atoms with van der Waals surface area (Å²) in [7, 11) is 1.46. The molecule has 3 nitrogen and oxygen atoms in total. The van der Waals surface area contributed by atoms with E-state index in [0.717, 1.165) is 4.68 Å². The molecule has 1 aromatic heterocycles. The van der Waals surface area contributed by atoms with Gasteiger partial charge < -0.3 is 5.73 Å². The first-order valence-corrected chi connectivity index (χ1v) is 4.50. The molecular formula is C9H14F3N3. The highest BCUT2D eigenvalue weighted by Crippen LogP contribution is 2.35. The van der Waals surface area contributed by atoms with Gasteiger partial charge in [0.15, 0.2) is 5.69 Å². The third kappa shape index (κ3) is 2.31. The van der Waals surface area contributed by atoms with Gasteiger partial charge in [0.25, 0.3) is 0 Å². The van der Waals surface area contributed by atoms with Crippen molar-refractivity contribution in [3.63, 3.8) is 0 Å². The molecule has 1 rings (SSSR count). The van der Waals surface area contributed by atoms with Gasteiger partial charge in [0.2, 0.25) is 0 Å². The van der Waals surface area contributed by atoms with E-state index in [4.69, 9.17) is 5.73 Å². The molecule has 6 heteroatoms. The van der Waals surface area contributed by atoms with Crippen LogP contribution in [0.15, 0.2) is 6.20 Å². The van der Waals surface area contributed by atoms with E-state index in [1.165, 1.54) is 13.2 Å². The number of hydrogen-bond donors (Lipinski definition) is 1. The zero-order chi connectivity index (χ0) is 11.9. The van der Waals surface area contributed by atoms with E-state index in [1.54, 1.807) is 13.8 Å². The fourth-order valence-electron chi connectivity index (χ4n) is 1.30. The van der Waals surface area contributed by atoms with Gasteiger partial charge in [0.1, 0.15) is 0 Å². The summed E-state index contributed by atoms with van der Waals surface area (Å²) in [5, 5.41) is 3.43. The van der Waals surface area contributed by atoms with Crippen molar-refractivity contribution < 1.29 is 13.2 Å². The Morgan fingerprint density at radius 2 is 1.93 bits per heavy atom. The van der Waals surface area contributed by atoms with Gasteiger partial charge in [-0.05, 0) is 0 Å². The van der Waals surface area contributed by atoms with Gasteiger partial charge in [0.05, 0.1) is 0 Å². The van der Waals surface area contributed by atoms with E-state index >= 15 is 0 Å². The Hall–Kier alpha value is -1.04. The van der Waals surface area contributed by atoms with Crippen LogP contribution in [0.2, 0.25) is 0 Å². The molecule has 0 amide bonds. The van der Waals surface area contributed by atoms with Gasteiger partial charge in [-0.25, -0.2) is 0 Å². The summed E-state index contributed by atoms with van der Waals surface area (Å²) in [4.78, 5) is 0. The van der Waals surface area contributed by atoms with E-state index in [1.807, 2.05) is 0 Å². The smallest absolute Gasteiger partial charge is 0.330 e. The zero-order valence-electron chi connectivity index (χ0n) is 8.89. The van der Waals surface area contributed by atoms with Crippen molar-refractivity contribution in [2.24, 2.45) is 12.8 Å². The number of alkyl halides is 3. The molecular weight excluding hydrogens is 207 g/mol. The van der Waals surface area contributed by atoms with Crippen LogP contribution in [0.1, 0.15) is 25.1 Å². The lowest BCUT2D eigenvalue weighted by molar-refractivity contribution is -0.142. The molecule has 0 aliphatic rings. The lowest BCUT2D eigenvalue weighted by Gasteiger charge is -2.22. The number of nitrogens with zero attached hydrogens (tertiary/aromatic N) is 2. The summed E-state index contributed by atoms with van der Waals surface area (Å²) in [5.41, 5.74) is 4.02. The lowest BCUT2D eigenvalue weighted by Crippen LogP contribution is -2.30. The molecule has 1 aromatic rings. The molecule has 0 aliphatic heterocycles. The number of aryl methyl sites for hydroxylation is 1. The minimum absolute atomic E-state index is 0.139. The Kier molecular flexibility index (Phi) is 2.82. The number of rotatable bonds is 2. The second-order valence-corrected chi connectivity index (χ2v) is 4.15. The van der Waals surface area contributed by atoms with Crippen LogP contribution in [0.5, 0.6) is 0 Å². The maximum Gasteiger partial charge on any atom is 0.435 e. The van der Waals surface area contributed by atoms with Gasteiger partial charge in [-0.1, -0.05) is 13.8 Å². The predicted octanol–water partition coefficient (Wildman–Crippen LogP) is 1.68. The summed E-state index contributed by atoms with van der Waals surface area (Å²) >= 11 is 0. The fourth-order valence-corrected chi connectivity index (χ4v) is 1.30. The van der Waals surface area contributed by atoms with Crippen molar-refractivity contribution in [2.75, 3.05) is 6.54 Å². The zero-order valence-corrected chi connectivity index (χ0v) is 8.89. The molecule has 1 heterocycles. The van der Waals surface area contributed by atoms with Gasteiger partial charge in [-0.15, -0.1) is 0 Å². The quantitative estimate of drug-likeness (QED) is 0.825. The Balaban J connectivity index is 3.30. The van der Waals surface area contributed by atoms with Gasteiger partial charge in [-0.3, -0.25) is 4.68 Å². The molecule has 0 aromatic carbocycles. The predicted molar refractivity (Wildman–Crippen MR) is 50.3 cm³/mol. The van der Waals surface area contributed by atoms with E-state index in [2.05, 4.69) is 5.10 Å². The van der Waals surface area contributed by atoms with Crippen molar-refractivity contribution in [2.45, 2.75) is 25.4 Å². The van der Waals surface area contributed by atoms with Crippen LogP contribution >= 0.6 is 0 Å². The molecule has 15 heavy (non-hydrogen) atoms. The lowest BCUT2D eigenvalue weighted by atomic mass is 9.85. The standard InChI is InChI=1S/C9H14F3N3/c1-8(2,5-13)6-4-15(3)14-7(6)9(10,11)12/h4H,5,13H2,1-3H3. The molecule has 0 atom stereocenters. The highest BCUT2D eigenvalue weighted by molar-refractivity contribution is 5.28. The molecule has 0 spiro atoms. The average Bonchev–Trinajstić information content (AvgIpc) is 2.47. The van der Waals surface area contributed by atoms with Crippen LogP contribution in [0, 0.1) is 0 Å². The van der Waals surface area contributed by atoms with Crippen molar-refractivity contribution in [1.29, 1.82) is 0 Å². The van der Waals surface area contributed by atoms with Crippen LogP contribution in [0.4, 0.5) is 13.2 Å². The maximum atomic E-state index is 12.6. The third-order valence-corrected chi connectivity index (χ3v) is 2.34. The molecule has 0 bridgehead atoms. The number of hydrogen-bond acceptors (Lipinski definition) is 2. The normalized spacial score (nSPS) is 13.3. The highest BCUT2D eigenvalue weighted by Gasteiger charge is 2.40. The van der Waals surface area contributed by atoms with Gasteiger partial charge in [-0.2, -0.15) is 18.3 Å². The molecule has 0 fully saturated rings. The molecule has 0 saturated carbocycles. The molecule has 2 N–H and O–H groups in total. The summed E-state index contributed by atoms with van der Waals surface area (Å²) in [6.07, 6.45) is -3.06. The van der Waals surface area contributed by atoms with Crippen LogP contribution in [0.3, 0.4) is 0 Å². The second-order valence-electron chi connectivity index (χ2n) is 4.15. The monoisotopic (exact) mass is 221 g/mol. The van der Waals surface area contributed by atoms with Crippen LogP contribution in [0.25, 0.3) is 0 Å². The van der Waals surface area contributed by atoms with Crippen molar-refractivity contribution in [3.8, 4) is 0 Å². The van der Waals surface area contributed by atoms with Crippen molar-refractivity contribution in [3.05, 3.63) is 17.5 Å². The number of aromatic nitrogens is 2. The maximum absolute atomic E-state index is 12.6. The molecule has 86 valence electrons. The first kappa shape index (κ1) is 12.0. The Morgan fingerprint density at radius 1 is 1.40 bits per heavy atom. The third-order valence-electron chi connectivity index (χ3n) is 2.34. The first-order chi connectivity index (χ1) is 6.68. The summed E-state index contributed by atoms with van der Waals surface area (Å²) in [6, 6.07) is 0. The molecule has 0 unspecified atom stereocenters. The Labute approximate surface area is 86.1 Å². The van der Waals surface area contributed by atoms with Crippen LogP contribution in [-0.2, 0) is 18.6 Å². The highest BCUT2D eigenvalue weighted by atomic mass is 19.4. The van der Waals surface area contributed by atoms with Crippen molar-refractivity contribution in [1.82, 2.24) is 9.78 Å². The van der Waals surface area contributed by atoms with Crippen molar-refractivity contribution >= 4 is 0 Å². The summed E-state index contributed by atoms with van der Waals surface area (Å²) in [6.45, 7) is 3.47. The topological polar surface area (TPSA) is 43.8 Å². The van der Waals surface area contributed by atoms with Gasteiger partial charge in [0, 0.05) is 30.8 Å². The van der Waals surface area contributed by atoms with E-state index in [-0.39, 0.29) is 12.1 Å². The number of halogens is 3. The Bertz CT molecular complexity index is 352. The number of nitrogens with two attached hydrogens (primary N) is 1. The van der Waals surface area contributed by atoms with Crippen LogP contribution < -0.4 is 5.73 Å². The molecule has 0 aliphatic carbocycles. The van der Waals surface area contributed by atoms with E-state index in [0.29, 0.717) is 0 Å². The van der Waals surface area contributed by atoms with E-state index in [9.17, 15) is 13.2 Å². The SMILES string of the molecule is Cn1cc(C(C)(C)CN)c(C(F)(F)F)n1. The largest absolute Gasteiger partial charge is 0.435 e. The van der Waals surface area contributed by atoms with Gasteiger partial charge >= 0.3 is 6.18 Å². The second kappa shape index (κ2) is 3.52. The molecule has 0 saturated heterocycles. The van der Waals surface area contributed by atoms with E-state index < -0.39 is 17.3 Å². The minimum atomic E-state index is -4.43. The summed E-state index contributed by atoms with van der Waals surface area (Å²) in [5.74, 6) is 0. The minimum Gasteiger partial charge on any atom is -0.330 e. The summed E-state index contributed by atoms with van der Waals surface area (Å²) < 4.78 is 39.0. The van der Waals surface area contributed by atoms with Crippen LogP contribution in [-0.4, -0.2) is 16.3 Å². The first-order valence-electron chi connectivity index (χ1n) is 4.50. The fraction of sp³-hybridized carbons (Fsp3) is 0.667. The Morgan fingerprint density at radius 3 is 2.33 bits per heavy atom. The average molecular weight is 221 g/mol. The molecule has 0 radical (unpaired) electrons.